The van der Waals surface area contributed by atoms with E-state index < -0.39 is 5.97 Å². The third-order valence-electron chi connectivity index (χ3n) is 2.20. The molecule has 0 atom stereocenters. The summed E-state index contributed by atoms with van der Waals surface area (Å²) in [6.45, 7) is 7.41. The summed E-state index contributed by atoms with van der Waals surface area (Å²) in [6, 6.07) is 0. The van der Waals surface area contributed by atoms with Crippen molar-refractivity contribution in [3.05, 3.63) is 18.2 Å². The van der Waals surface area contributed by atoms with Crippen LogP contribution in [0.2, 0.25) is 0 Å². The lowest BCUT2D eigenvalue weighted by Crippen LogP contribution is -2.13. The lowest BCUT2D eigenvalue weighted by molar-refractivity contribution is 0.0529. The van der Waals surface area contributed by atoms with Crippen molar-refractivity contribution < 1.29 is 14.3 Å². The third-order valence-corrected chi connectivity index (χ3v) is 3.02. The number of carbonyl (C=O) groups is 1. The van der Waals surface area contributed by atoms with Gasteiger partial charge in [0.05, 0.1) is 19.8 Å². The van der Waals surface area contributed by atoms with Crippen LogP contribution in [0.4, 0.5) is 10.8 Å². The van der Waals surface area contributed by atoms with Gasteiger partial charge in [-0.3, -0.25) is 0 Å². The highest BCUT2D eigenvalue weighted by Gasteiger charge is 2.20. The molecule has 1 heterocycles. The Bertz CT molecular complexity index is 420. The number of carbonyl (C=O) groups excluding carboxylic acids is 1. The molecule has 0 saturated carbocycles. The van der Waals surface area contributed by atoms with E-state index in [0.717, 1.165) is 18.0 Å². The van der Waals surface area contributed by atoms with Gasteiger partial charge in [-0.15, -0.1) is 6.58 Å². The molecule has 0 amide bonds. The SMILES string of the molecule is C=CCCOCCNc1snc(N)c1C(=O)OCC. The number of ether oxygens (including phenoxy) is 2. The lowest BCUT2D eigenvalue weighted by atomic mass is 10.3. The standard InChI is InChI=1S/C12H19N3O3S/c1-3-5-7-17-8-6-14-11-9(10(13)15-19-11)12(16)18-4-2/h3,14H,1,4-8H2,2H3,(H2,13,15). The molecular weight excluding hydrogens is 266 g/mol. The number of nitrogens with one attached hydrogen (secondary N) is 1. The van der Waals surface area contributed by atoms with Gasteiger partial charge in [0.2, 0.25) is 0 Å². The zero-order valence-electron chi connectivity index (χ0n) is 11.0. The number of aromatic nitrogens is 1. The summed E-state index contributed by atoms with van der Waals surface area (Å²) in [5, 5.41) is 3.69. The van der Waals surface area contributed by atoms with Crippen LogP contribution in [0.1, 0.15) is 23.7 Å². The molecule has 3 N–H and O–H groups in total. The van der Waals surface area contributed by atoms with Crippen molar-refractivity contribution in [2.45, 2.75) is 13.3 Å². The maximum Gasteiger partial charge on any atom is 0.344 e. The van der Waals surface area contributed by atoms with Crippen LogP contribution >= 0.6 is 11.5 Å². The first-order valence-electron chi connectivity index (χ1n) is 6.05. The van der Waals surface area contributed by atoms with Crippen molar-refractivity contribution in [1.82, 2.24) is 4.37 Å². The van der Waals surface area contributed by atoms with Crippen molar-refractivity contribution >= 4 is 28.3 Å². The number of nitrogens with zero attached hydrogens (tertiary/aromatic N) is 1. The summed E-state index contributed by atoms with van der Waals surface area (Å²) >= 11 is 1.14. The summed E-state index contributed by atoms with van der Waals surface area (Å²) in [4.78, 5) is 11.7. The molecule has 0 bridgehead atoms. The molecule has 0 spiro atoms. The summed E-state index contributed by atoms with van der Waals surface area (Å²) in [5.74, 6) is -0.262. The molecule has 1 aromatic heterocycles. The fraction of sp³-hybridized carbons (Fsp3) is 0.500. The Morgan fingerprint density at radius 1 is 1.58 bits per heavy atom. The maximum atomic E-state index is 11.7. The first-order valence-corrected chi connectivity index (χ1v) is 6.82. The van der Waals surface area contributed by atoms with E-state index >= 15 is 0 Å². The number of anilines is 2. The van der Waals surface area contributed by atoms with Crippen LogP contribution in [0, 0.1) is 0 Å². The summed E-state index contributed by atoms with van der Waals surface area (Å²) in [6.07, 6.45) is 2.62. The molecule has 1 rings (SSSR count). The third kappa shape index (κ3) is 4.88. The number of rotatable bonds is 9. The first kappa shape index (κ1) is 15.5. The molecule has 19 heavy (non-hydrogen) atoms. The van der Waals surface area contributed by atoms with Crippen molar-refractivity contribution in [2.24, 2.45) is 0 Å². The number of esters is 1. The number of nitrogens with two attached hydrogens (primary N) is 1. The van der Waals surface area contributed by atoms with Gasteiger partial charge in [0.15, 0.2) is 5.82 Å². The molecular formula is C12H19N3O3S. The van der Waals surface area contributed by atoms with Crippen molar-refractivity contribution in [2.75, 3.05) is 37.4 Å². The Morgan fingerprint density at radius 2 is 2.37 bits per heavy atom. The van der Waals surface area contributed by atoms with Crippen LogP contribution < -0.4 is 11.1 Å². The Hall–Kier alpha value is -1.60. The summed E-state index contributed by atoms with van der Waals surface area (Å²) in [5.41, 5.74) is 5.96. The maximum absolute atomic E-state index is 11.7. The highest BCUT2D eigenvalue weighted by atomic mass is 32.1. The van der Waals surface area contributed by atoms with E-state index in [-0.39, 0.29) is 5.82 Å². The van der Waals surface area contributed by atoms with Gasteiger partial charge >= 0.3 is 5.97 Å². The van der Waals surface area contributed by atoms with E-state index in [1.807, 2.05) is 0 Å². The fourth-order valence-corrected chi connectivity index (χ4v) is 2.06. The Balaban J connectivity index is 2.45. The normalized spacial score (nSPS) is 10.2. The molecule has 6 nitrogen and oxygen atoms in total. The molecule has 0 saturated heterocycles. The lowest BCUT2D eigenvalue weighted by Gasteiger charge is -2.07. The van der Waals surface area contributed by atoms with E-state index in [1.165, 1.54) is 0 Å². The Morgan fingerprint density at radius 3 is 3.05 bits per heavy atom. The zero-order valence-corrected chi connectivity index (χ0v) is 11.8. The number of hydrogen-bond acceptors (Lipinski definition) is 7. The monoisotopic (exact) mass is 285 g/mol. The minimum atomic E-state index is -0.455. The molecule has 0 radical (unpaired) electrons. The summed E-state index contributed by atoms with van der Waals surface area (Å²) in [7, 11) is 0. The van der Waals surface area contributed by atoms with E-state index in [4.69, 9.17) is 15.2 Å². The van der Waals surface area contributed by atoms with Crippen LogP contribution in [-0.2, 0) is 9.47 Å². The van der Waals surface area contributed by atoms with Gasteiger partial charge in [-0.05, 0) is 24.9 Å². The van der Waals surface area contributed by atoms with Gasteiger partial charge in [-0.1, -0.05) is 6.08 Å². The molecule has 0 aliphatic carbocycles. The predicted octanol–water partition coefficient (Wildman–Crippen LogP) is 1.91. The molecule has 0 aliphatic rings. The van der Waals surface area contributed by atoms with Crippen molar-refractivity contribution in [3.8, 4) is 0 Å². The average Bonchev–Trinajstić information content (AvgIpc) is 2.75. The van der Waals surface area contributed by atoms with Gasteiger partial charge in [0.1, 0.15) is 10.6 Å². The topological polar surface area (TPSA) is 86.5 Å². The van der Waals surface area contributed by atoms with Crippen molar-refractivity contribution in [1.29, 1.82) is 0 Å². The molecule has 7 heteroatoms. The molecule has 1 aromatic rings. The molecule has 0 aromatic carbocycles. The van der Waals surface area contributed by atoms with Gasteiger partial charge in [0, 0.05) is 6.54 Å². The van der Waals surface area contributed by atoms with Crippen LogP contribution in [0.15, 0.2) is 12.7 Å². The number of hydrogen-bond donors (Lipinski definition) is 2. The minimum absolute atomic E-state index is 0.193. The van der Waals surface area contributed by atoms with Gasteiger partial charge in [0.25, 0.3) is 0 Å². The quantitative estimate of drug-likeness (QED) is 0.409. The van der Waals surface area contributed by atoms with E-state index in [0.29, 0.717) is 36.9 Å². The molecule has 0 aliphatic heterocycles. The minimum Gasteiger partial charge on any atom is -0.462 e. The predicted molar refractivity (Wildman–Crippen MR) is 76.6 cm³/mol. The second kappa shape index (κ2) is 8.49. The van der Waals surface area contributed by atoms with Crippen molar-refractivity contribution in [3.63, 3.8) is 0 Å². The second-order valence-electron chi connectivity index (χ2n) is 3.61. The highest BCUT2D eigenvalue weighted by Crippen LogP contribution is 2.27. The Kier molecular flexibility index (Phi) is 6.91. The average molecular weight is 285 g/mol. The van der Waals surface area contributed by atoms with E-state index in [2.05, 4.69) is 16.3 Å². The second-order valence-corrected chi connectivity index (χ2v) is 4.38. The molecule has 0 fully saturated rings. The van der Waals surface area contributed by atoms with E-state index in [1.54, 1.807) is 13.0 Å². The first-order chi connectivity index (χ1) is 9.20. The smallest absolute Gasteiger partial charge is 0.344 e. The Labute approximate surface area is 116 Å². The molecule has 0 unspecified atom stereocenters. The van der Waals surface area contributed by atoms with Crippen LogP contribution in [0.5, 0.6) is 0 Å². The van der Waals surface area contributed by atoms with Gasteiger partial charge < -0.3 is 20.5 Å². The highest BCUT2D eigenvalue weighted by molar-refractivity contribution is 7.11. The van der Waals surface area contributed by atoms with Gasteiger partial charge in [-0.25, -0.2) is 4.79 Å². The van der Waals surface area contributed by atoms with Crippen LogP contribution in [-0.4, -0.2) is 36.7 Å². The van der Waals surface area contributed by atoms with Gasteiger partial charge in [-0.2, -0.15) is 4.37 Å². The number of nitrogen functional groups attached to an aromatic ring is 1. The fourth-order valence-electron chi connectivity index (χ4n) is 1.33. The largest absolute Gasteiger partial charge is 0.462 e. The molecule has 106 valence electrons. The summed E-state index contributed by atoms with van der Waals surface area (Å²) < 4.78 is 14.2. The van der Waals surface area contributed by atoms with E-state index in [9.17, 15) is 4.79 Å². The van der Waals surface area contributed by atoms with Crippen LogP contribution in [0.3, 0.4) is 0 Å². The zero-order chi connectivity index (χ0) is 14.1. The van der Waals surface area contributed by atoms with Crippen LogP contribution in [0.25, 0.3) is 0 Å².